The fourth-order valence-corrected chi connectivity index (χ4v) is 5.39. The van der Waals surface area contributed by atoms with Crippen molar-refractivity contribution >= 4 is 27.3 Å². The molecule has 0 radical (unpaired) electrons. The van der Waals surface area contributed by atoms with E-state index in [4.69, 9.17) is 0 Å². The zero-order valence-electron chi connectivity index (χ0n) is 13.7. The summed E-state index contributed by atoms with van der Waals surface area (Å²) in [6, 6.07) is 9.05. The topological polar surface area (TPSA) is 57.7 Å². The third-order valence-electron chi connectivity index (χ3n) is 4.45. The van der Waals surface area contributed by atoms with Crippen molar-refractivity contribution in [3.8, 4) is 0 Å². The number of rotatable bonds is 3. The molecule has 24 heavy (non-hydrogen) atoms. The molecule has 1 aromatic carbocycles. The van der Waals surface area contributed by atoms with Crippen molar-refractivity contribution in [3.05, 3.63) is 52.4 Å². The van der Waals surface area contributed by atoms with Crippen molar-refractivity contribution < 1.29 is 13.2 Å². The molecule has 2 aromatic rings. The molecule has 0 N–H and O–H groups in total. The van der Waals surface area contributed by atoms with Crippen LogP contribution in [-0.4, -0.2) is 49.7 Å². The van der Waals surface area contributed by atoms with Crippen LogP contribution in [0.15, 0.2) is 39.9 Å². The minimum atomic E-state index is -3.43. The average molecular weight is 364 g/mol. The van der Waals surface area contributed by atoms with Crippen molar-refractivity contribution in [2.75, 3.05) is 26.2 Å². The normalized spacial score (nSPS) is 16.3. The Morgan fingerprint density at radius 2 is 1.75 bits per heavy atom. The molecule has 2 heterocycles. The Kier molecular flexibility index (Phi) is 4.76. The van der Waals surface area contributed by atoms with Crippen LogP contribution in [0.4, 0.5) is 0 Å². The second kappa shape index (κ2) is 6.66. The summed E-state index contributed by atoms with van der Waals surface area (Å²) in [5.74, 6) is -0.0237. The van der Waals surface area contributed by atoms with Crippen LogP contribution in [-0.2, 0) is 10.0 Å². The van der Waals surface area contributed by atoms with E-state index in [0.717, 1.165) is 11.1 Å². The number of carbonyl (C=O) groups is 1. The number of hydrogen-bond donors (Lipinski definition) is 0. The lowest BCUT2D eigenvalue weighted by Crippen LogP contribution is -2.50. The van der Waals surface area contributed by atoms with E-state index >= 15 is 0 Å². The molecule has 1 aliphatic rings. The van der Waals surface area contributed by atoms with Gasteiger partial charge >= 0.3 is 0 Å². The lowest BCUT2D eigenvalue weighted by atomic mass is 10.0. The Morgan fingerprint density at radius 1 is 1.04 bits per heavy atom. The largest absolute Gasteiger partial charge is 0.336 e. The van der Waals surface area contributed by atoms with Crippen LogP contribution in [0.25, 0.3) is 0 Å². The zero-order valence-corrected chi connectivity index (χ0v) is 15.4. The molecule has 0 bridgehead atoms. The fraction of sp³-hybridized carbons (Fsp3) is 0.353. The number of hydrogen-bond acceptors (Lipinski definition) is 4. The number of piperazine rings is 1. The Labute approximate surface area is 146 Å². The molecule has 0 spiro atoms. The molecule has 1 aliphatic heterocycles. The van der Waals surface area contributed by atoms with Gasteiger partial charge in [-0.25, -0.2) is 8.42 Å². The first-order valence-electron chi connectivity index (χ1n) is 7.80. The van der Waals surface area contributed by atoms with Crippen molar-refractivity contribution in [2.24, 2.45) is 0 Å². The maximum Gasteiger partial charge on any atom is 0.254 e. The lowest BCUT2D eigenvalue weighted by Gasteiger charge is -2.34. The quantitative estimate of drug-likeness (QED) is 0.841. The highest BCUT2D eigenvalue weighted by Gasteiger charge is 2.31. The lowest BCUT2D eigenvalue weighted by molar-refractivity contribution is 0.0697. The predicted octanol–water partition coefficient (Wildman–Crippen LogP) is 2.51. The first kappa shape index (κ1) is 17.1. The predicted molar refractivity (Wildman–Crippen MR) is 94.9 cm³/mol. The number of carbonyl (C=O) groups excluding carboxylic acids is 1. The smallest absolute Gasteiger partial charge is 0.254 e. The Bertz CT molecular complexity index is 837. The van der Waals surface area contributed by atoms with Gasteiger partial charge in [0.05, 0.1) is 0 Å². The molecular weight excluding hydrogens is 344 g/mol. The van der Waals surface area contributed by atoms with Crippen LogP contribution in [0.5, 0.6) is 0 Å². The number of benzene rings is 1. The van der Waals surface area contributed by atoms with E-state index in [9.17, 15) is 13.2 Å². The van der Waals surface area contributed by atoms with Gasteiger partial charge < -0.3 is 4.90 Å². The van der Waals surface area contributed by atoms with Crippen molar-refractivity contribution in [3.63, 3.8) is 0 Å². The van der Waals surface area contributed by atoms with Gasteiger partial charge in [-0.05, 0) is 42.5 Å². The van der Waals surface area contributed by atoms with Gasteiger partial charge in [-0.15, -0.1) is 11.3 Å². The number of thiophene rings is 1. The van der Waals surface area contributed by atoms with E-state index in [-0.39, 0.29) is 5.91 Å². The van der Waals surface area contributed by atoms with Gasteiger partial charge in [-0.1, -0.05) is 18.2 Å². The molecule has 7 heteroatoms. The van der Waals surface area contributed by atoms with E-state index in [0.29, 0.717) is 36.0 Å². The second-order valence-corrected chi connectivity index (χ2v) is 8.99. The van der Waals surface area contributed by atoms with Crippen LogP contribution >= 0.6 is 11.3 Å². The highest BCUT2D eigenvalue weighted by atomic mass is 32.2. The average Bonchev–Trinajstić information content (AvgIpc) is 3.12. The third kappa shape index (κ3) is 3.11. The van der Waals surface area contributed by atoms with Crippen molar-refractivity contribution in [2.45, 2.75) is 18.1 Å². The SMILES string of the molecule is Cc1cccc(C(=O)N2CCN(S(=O)(=O)c3cccs3)CC2)c1C. The number of sulfonamides is 1. The summed E-state index contributed by atoms with van der Waals surface area (Å²) >= 11 is 1.22. The van der Waals surface area contributed by atoms with Crippen LogP contribution in [0, 0.1) is 13.8 Å². The Balaban J connectivity index is 1.71. The highest BCUT2D eigenvalue weighted by Crippen LogP contribution is 2.23. The summed E-state index contributed by atoms with van der Waals surface area (Å²) in [6.07, 6.45) is 0. The standard InChI is InChI=1S/C17H20N2O3S2/c1-13-5-3-6-15(14(13)2)17(20)18-8-10-19(11-9-18)24(21,22)16-7-4-12-23-16/h3-7,12H,8-11H2,1-2H3. The maximum absolute atomic E-state index is 12.7. The second-order valence-electron chi connectivity index (χ2n) is 5.88. The summed E-state index contributed by atoms with van der Waals surface area (Å²) in [6.45, 7) is 5.42. The molecule has 128 valence electrons. The fourth-order valence-electron chi connectivity index (χ4n) is 2.82. The first-order chi connectivity index (χ1) is 11.4. The van der Waals surface area contributed by atoms with Gasteiger partial charge in [-0.3, -0.25) is 4.79 Å². The minimum absolute atomic E-state index is 0.0237. The van der Waals surface area contributed by atoms with Crippen LogP contribution in [0.3, 0.4) is 0 Å². The summed E-state index contributed by atoms with van der Waals surface area (Å²) in [5, 5.41) is 1.76. The van der Waals surface area contributed by atoms with Gasteiger partial charge in [0.1, 0.15) is 4.21 Å². The molecule has 0 atom stereocenters. The van der Waals surface area contributed by atoms with E-state index in [1.54, 1.807) is 22.4 Å². The van der Waals surface area contributed by atoms with Crippen LogP contribution < -0.4 is 0 Å². The minimum Gasteiger partial charge on any atom is -0.336 e. The van der Waals surface area contributed by atoms with Gasteiger partial charge in [0.15, 0.2) is 0 Å². The molecule has 0 aliphatic carbocycles. The number of amides is 1. The molecule has 5 nitrogen and oxygen atoms in total. The Hall–Kier alpha value is -1.70. The van der Waals surface area contributed by atoms with Gasteiger partial charge in [0.25, 0.3) is 15.9 Å². The summed E-state index contributed by atoms with van der Waals surface area (Å²) in [7, 11) is -3.43. The van der Waals surface area contributed by atoms with Gasteiger partial charge in [-0.2, -0.15) is 4.31 Å². The summed E-state index contributed by atoms with van der Waals surface area (Å²) in [5.41, 5.74) is 2.76. The molecule has 1 aromatic heterocycles. The summed E-state index contributed by atoms with van der Waals surface area (Å²) in [4.78, 5) is 14.5. The van der Waals surface area contributed by atoms with Gasteiger partial charge in [0.2, 0.25) is 0 Å². The van der Waals surface area contributed by atoms with E-state index in [1.807, 2.05) is 32.0 Å². The third-order valence-corrected chi connectivity index (χ3v) is 7.72. The highest BCUT2D eigenvalue weighted by molar-refractivity contribution is 7.91. The summed E-state index contributed by atoms with van der Waals surface area (Å²) < 4.78 is 26.9. The molecule has 1 saturated heterocycles. The molecule has 3 rings (SSSR count). The molecular formula is C17H20N2O3S2. The van der Waals surface area contributed by atoms with E-state index in [1.165, 1.54) is 15.6 Å². The van der Waals surface area contributed by atoms with Crippen molar-refractivity contribution in [1.82, 2.24) is 9.21 Å². The zero-order chi connectivity index (χ0) is 17.3. The molecule has 0 saturated carbocycles. The molecule has 0 unspecified atom stereocenters. The molecule has 1 fully saturated rings. The van der Waals surface area contributed by atoms with E-state index < -0.39 is 10.0 Å². The van der Waals surface area contributed by atoms with Crippen LogP contribution in [0.1, 0.15) is 21.5 Å². The van der Waals surface area contributed by atoms with Crippen LogP contribution in [0.2, 0.25) is 0 Å². The maximum atomic E-state index is 12.7. The van der Waals surface area contributed by atoms with E-state index in [2.05, 4.69) is 0 Å². The first-order valence-corrected chi connectivity index (χ1v) is 10.1. The number of nitrogens with zero attached hydrogens (tertiary/aromatic N) is 2. The van der Waals surface area contributed by atoms with Gasteiger partial charge in [0, 0.05) is 31.7 Å². The monoisotopic (exact) mass is 364 g/mol. The molecule has 1 amide bonds. The Morgan fingerprint density at radius 3 is 2.38 bits per heavy atom. The van der Waals surface area contributed by atoms with Crippen molar-refractivity contribution in [1.29, 1.82) is 0 Å². The number of aryl methyl sites for hydroxylation is 1.